The van der Waals surface area contributed by atoms with Crippen LogP contribution in [0.3, 0.4) is 0 Å². The smallest absolute Gasteiger partial charge is 0.239 e. The van der Waals surface area contributed by atoms with Crippen molar-refractivity contribution in [1.29, 1.82) is 0 Å². The lowest BCUT2D eigenvalue weighted by molar-refractivity contribution is 0.329. The number of pyridine rings is 1. The lowest BCUT2D eigenvalue weighted by Gasteiger charge is -2.08. The fourth-order valence-electron chi connectivity index (χ4n) is 1.47. The minimum Gasteiger partial charge on any atom is -0.476 e. The summed E-state index contributed by atoms with van der Waals surface area (Å²) < 4.78 is 5.35. The Morgan fingerprint density at radius 2 is 2.28 bits per heavy atom. The van der Waals surface area contributed by atoms with Crippen molar-refractivity contribution >= 4 is 22.8 Å². The summed E-state index contributed by atoms with van der Waals surface area (Å²) in [5.41, 5.74) is 6.31. The van der Waals surface area contributed by atoms with E-state index in [1.54, 1.807) is 17.4 Å². The number of ether oxygens (including phenoxy) is 1. The zero-order chi connectivity index (χ0) is 13.0. The second-order valence-electron chi connectivity index (χ2n) is 3.72. The Hall–Kier alpha value is -1.82. The van der Waals surface area contributed by atoms with Crippen molar-refractivity contribution in [1.82, 2.24) is 9.97 Å². The van der Waals surface area contributed by atoms with Gasteiger partial charge in [-0.15, -0.1) is 11.3 Å². The number of anilines is 2. The van der Waals surface area contributed by atoms with E-state index in [1.807, 2.05) is 26.1 Å². The third-order valence-electron chi connectivity index (χ3n) is 2.28. The molecule has 0 saturated heterocycles. The van der Waals surface area contributed by atoms with Gasteiger partial charge in [0.15, 0.2) is 0 Å². The maximum Gasteiger partial charge on any atom is 0.239 e. The molecule has 2 aromatic rings. The van der Waals surface area contributed by atoms with Gasteiger partial charge in [0, 0.05) is 11.1 Å². The van der Waals surface area contributed by atoms with Crippen LogP contribution in [0.2, 0.25) is 0 Å². The molecule has 0 spiro atoms. The van der Waals surface area contributed by atoms with Crippen LogP contribution >= 0.6 is 11.3 Å². The fourth-order valence-corrected chi connectivity index (χ4v) is 2.20. The van der Waals surface area contributed by atoms with E-state index < -0.39 is 0 Å². The van der Waals surface area contributed by atoms with Crippen molar-refractivity contribution < 1.29 is 4.74 Å². The van der Waals surface area contributed by atoms with E-state index in [0.29, 0.717) is 24.7 Å². The molecular weight excluding hydrogens is 248 g/mol. The average molecular weight is 264 g/mol. The van der Waals surface area contributed by atoms with E-state index >= 15 is 0 Å². The highest BCUT2D eigenvalue weighted by Gasteiger charge is 2.04. The first-order valence-electron chi connectivity index (χ1n) is 5.73. The van der Waals surface area contributed by atoms with Gasteiger partial charge in [-0.3, -0.25) is 0 Å². The van der Waals surface area contributed by atoms with E-state index in [9.17, 15) is 0 Å². The summed E-state index contributed by atoms with van der Waals surface area (Å²) in [5.74, 6) is 1.22. The SMILES string of the molecule is CCOc1nc(NCc2cnc(C)s2)ccc1N. The van der Waals surface area contributed by atoms with Gasteiger partial charge in [-0.1, -0.05) is 0 Å². The average Bonchev–Trinajstić information content (AvgIpc) is 2.76. The first-order valence-corrected chi connectivity index (χ1v) is 6.55. The molecule has 0 amide bonds. The molecule has 0 aliphatic heterocycles. The molecule has 0 unspecified atom stereocenters. The van der Waals surface area contributed by atoms with Gasteiger partial charge in [0.25, 0.3) is 0 Å². The number of nitrogens with zero attached hydrogens (tertiary/aromatic N) is 2. The first kappa shape index (κ1) is 12.6. The third kappa shape index (κ3) is 3.10. The van der Waals surface area contributed by atoms with Crippen molar-refractivity contribution in [2.45, 2.75) is 20.4 Å². The molecule has 2 aromatic heterocycles. The zero-order valence-electron chi connectivity index (χ0n) is 10.4. The van der Waals surface area contributed by atoms with Crippen LogP contribution in [0.1, 0.15) is 16.8 Å². The Balaban J connectivity index is 2.03. The number of aromatic nitrogens is 2. The number of nitrogens with one attached hydrogen (secondary N) is 1. The highest BCUT2D eigenvalue weighted by Crippen LogP contribution is 2.21. The van der Waals surface area contributed by atoms with Crippen LogP contribution in [0.5, 0.6) is 5.88 Å². The molecule has 3 N–H and O–H groups in total. The van der Waals surface area contributed by atoms with E-state index in [2.05, 4.69) is 15.3 Å². The molecule has 6 heteroatoms. The number of hydrogen-bond acceptors (Lipinski definition) is 6. The minimum atomic E-state index is 0.475. The fraction of sp³-hybridized carbons (Fsp3) is 0.333. The topological polar surface area (TPSA) is 73.1 Å². The predicted molar refractivity (Wildman–Crippen MR) is 74.0 cm³/mol. The summed E-state index contributed by atoms with van der Waals surface area (Å²) in [6.07, 6.45) is 1.87. The number of nitrogens with two attached hydrogens (primary N) is 1. The minimum absolute atomic E-state index is 0.475. The van der Waals surface area contributed by atoms with Crippen LogP contribution < -0.4 is 15.8 Å². The van der Waals surface area contributed by atoms with Crippen molar-refractivity contribution in [2.75, 3.05) is 17.7 Å². The highest BCUT2D eigenvalue weighted by atomic mass is 32.1. The summed E-state index contributed by atoms with van der Waals surface area (Å²) in [6, 6.07) is 3.63. The Bertz CT molecular complexity index is 527. The maximum absolute atomic E-state index is 5.76. The largest absolute Gasteiger partial charge is 0.476 e. The van der Waals surface area contributed by atoms with E-state index in [1.165, 1.54) is 4.88 Å². The van der Waals surface area contributed by atoms with Crippen LogP contribution in [-0.2, 0) is 6.54 Å². The quantitative estimate of drug-likeness (QED) is 0.867. The Kier molecular flexibility index (Phi) is 3.99. The molecular formula is C12H16N4OS. The van der Waals surface area contributed by atoms with Gasteiger partial charge in [-0.05, 0) is 26.0 Å². The highest BCUT2D eigenvalue weighted by molar-refractivity contribution is 7.11. The van der Waals surface area contributed by atoms with Gasteiger partial charge in [0.05, 0.1) is 23.8 Å². The monoisotopic (exact) mass is 264 g/mol. The number of rotatable bonds is 5. The second-order valence-corrected chi connectivity index (χ2v) is 5.04. The van der Waals surface area contributed by atoms with Gasteiger partial charge in [-0.2, -0.15) is 4.98 Å². The molecule has 0 radical (unpaired) electrons. The van der Waals surface area contributed by atoms with Crippen molar-refractivity contribution in [3.8, 4) is 5.88 Å². The van der Waals surface area contributed by atoms with Crippen molar-refractivity contribution in [3.05, 3.63) is 28.2 Å². The summed E-state index contributed by atoms with van der Waals surface area (Å²) in [4.78, 5) is 9.68. The van der Waals surface area contributed by atoms with E-state index in [4.69, 9.17) is 10.5 Å². The van der Waals surface area contributed by atoms with Crippen LogP contribution in [0.15, 0.2) is 18.3 Å². The second kappa shape index (κ2) is 5.68. The lowest BCUT2D eigenvalue weighted by atomic mass is 10.4. The molecule has 0 aliphatic rings. The van der Waals surface area contributed by atoms with E-state index in [-0.39, 0.29) is 0 Å². The van der Waals surface area contributed by atoms with Gasteiger partial charge in [0.2, 0.25) is 5.88 Å². The van der Waals surface area contributed by atoms with Gasteiger partial charge >= 0.3 is 0 Å². The number of aryl methyl sites for hydroxylation is 1. The van der Waals surface area contributed by atoms with Crippen molar-refractivity contribution in [3.63, 3.8) is 0 Å². The zero-order valence-corrected chi connectivity index (χ0v) is 11.3. The molecule has 0 fully saturated rings. The Morgan fingerprint density at radius 3 is 2.94 bits per heavy atom. The molecule has 2 heterocycles. The van der Waals surface area contributed by atoms with Crippen LogP contribution in [0.4, 0.5) is 11.5 Å². The lowest BCUT2D eigenvalue weighted by Crippen LogP contribution is -2.04. The Morgan fingerprint density at radius 1 is 1.44 bits per heavy atom. The van der Waals surface area contributed by atoms with Crippen LogP contribution in [0, 0.1) is 6.92 Å². The van der Waals surface area contributed by atoms with Gasteiger partial charge in [-0.25, -0.2) is 4.98 Å². The van der Waals surface area contributed by atoms with Gasteiger partial charge in [0.1, 0.15) is 5.82 Å². The molecule has 0 aliphatic carbocycles. The maximum atomic E-state index is 5.76. The third-order valence-corrected chi connectivity index (χ3v) is 3.20. The van der Waals surface area contributed by atoms with Crippen molar-refractivity contribution in [2.24, 2.45) is 0 Å². The van der Waals surface area contributed by atoms with E-state index in [0.717, 1.165) is 10.8 Å². The Labute approximate surface area is 110 Å². The summed E-state index contributed by atoms with van der Waals surface area (Å²) in [7, 11) is 0. The predicted octanol–water partition coefficient (Wildman–Crippen LogP) is 2.44. The normalized spacial score (nSPS) is 10.3. The molecule has 0 atom stereocenters. The number of hydrogen-bond donors (Lipinski definition) is 2. The molecule has 5 nitrogen and oxygen atoms in total. The van der Waals surface area contributed by atoms with Crippen LogP contribution in [-0.4, -0.2) is 16.6 Å². The molecule has 18 heavy (non-hydrogen) atoms. The summed E-state index contributed by atoms with van der Waals surface area (Å²) in [6.45, 7) is 5.15. The molecule has 0 aromatic carbocycles. The number of thiazole rings is 1. The summed E-state index contributed by atoms with van der Waals surface area (Å²) >= 11 is 1.67. The molecule has 0 bridgehead atoms. The standard InChI is InChI=1S/C12H16N4OS/c1-3-17-12-10(13)4-5-11(16-12)15-7-9-6-14-8(2)18-9/h4-6H,3,7,13H2,1-2H3,(H,15,16). The van der Waals surface area contributed by atoms with Gasteiger partial charge < -0.3 is 15.8 Å². The first-order chi connectivity index (χ1) is 8.69. The number of nitrogen functional groups attached to an aromatic ring is 1. The van der Waals surface area contributed by atoms with Crippen LogP contribution in [0.25, 0.3) is 0 Å². The molecule has 2 rings (SSSR count). The molecule has 0 saturated carbocycles. The summed E-state index contributed by atoms with van der Waals surface area (Å²) in [5, 5.41) is 4.29. The molecule has 96 valence electrons.